The number of nitrogens with zero attached hydrogens (tertiary/aromatic N) is 2. The van der Waals surface area contributed by atoms with Crippen LogP contribution in [0.15, 0.2) is 23.8 Å². The van der Waals surface area contributed by atoms with Gasteiger partial charge in [-0.25, -0.2) is 9.97 Å². The quantitative estimate of drug-likeness (QED) is 0.575. The van der Waals surface area contributed by atoms with E-state index in [0.717, 1.165) is 53.2 Å². The van der Waals surface area contributed by atoms with Gasteiger partial charge in [0.2, 0.25) is 0 Å². The number of piperidine rings is 1. The van der Waals surface area contributed by atoms with Crippen LogP contribution in [0.3, 0.4) is 0 Å². The maximum atomic E-state index is 11.8. The molecule has 4 heterocycles. The van der Waals surface area contributed by atoms with Crippen LogP contribution in [-0.4, -0.2) is 47.0 Å². The first-order valence-electron chi connectivity index (χ1n) is 8.37. The Morgan fingerprint density at radius 2 is 2.36 bits per heavy atom. The molecule has 0 aliphatic carbocycles. The number of anilines is 1. The molecule has 4 N–H and O–H groups in total. The van der Waals surface area contributed by atoms with Crippen LogP contribution in [0.25, 0.3) is 21.6 Å². The highest BCUT2D eigenvalue weighted by Crippen LogP contribution is 2.35. The molecule has 0 aromatic carbocycles. The van der Waals surface area contributed by atoms with Crippen molar-refractivity contribution < 1.29 is 4.79 Å². The van der Waals surface area contributed by atoms with Crippen LogP contribution in [0.1, 0.15) is 23.3 Å². The molecule has 130 valence electrons. The van der Waals surface area contributed by atoms with Crippen molar-refractivity contribution in [3.63, 3.8) is 0 Å². The molecule has 1 atom stereocenters. The van der Waals surface area contributed by atoms with Gasteiger partial charge in [0, 0.05) is 42.8 Å². The van der Waals surface area contributed by atoms with E-state index in [1.807, 2.05) is 18.5 Å². The van der Waals surface area contributed by atoms with Crippen molar-refractivity contribution in [2.24, 2.45) is 0 Å². The molecular weight excluding hydrogens is 336 g/mol. The van der Waals surface area contributed by atoms with Crippen molar-refractivity contribution in [1.29, 1.82) is 0 Å². The zero-order valence-electron chi connectivity index (χ0n) is 13.9. The van der Waals surface area contributed by atoms with Crippen LogP contribution in [-0.2, 0) is 0 Å². The molecule has 1 saturated heterocycles. The summed E-state index contributed by atoms with van der Waals surface area (Å²) < 4.78 is 0. The van der Waals surface area contributed by atoms with Gasteiger partial charge in [-0.15, -0.1) is 11.3 Å². The van der Waals surface area contributed by atoms with Crippen molar-refractivity contribution >= 4 is 34.0 Å². The van der Waals surface area contributed by atoms with E-state index in [1.54, 1.807) is 12.4 Å². The topological polar surface area (TPSA) is 94.7 Å². The van der Waals surface area contributed by atoms with E-state index in [4.69, 9.17) is 0 Å². The SMILES string of the molecule is CNC(=O)c1csc(-c2cnc3[nH]ccc3c2N[C@@H]2CCCNC2)n1. The number of aromatic nitrogens is 3. The molecule has 0 spiro atoms. The van der Waals surface area contributed by atoms with Gasteiger partial charge < -0.3 is 20.9 Å². The Labute approximate surface area is 149 Å². The number of nitrogens with one attached hydrogen (secondary N) is 4. The van der Waals surface area contributed by atoms with Gasteiger partial charge in [0.1, 0.15) is 16.3 Å². The van der Waals surface area contributed by atoms with Gasteiger partial charge >= 0.3 is 0 Å². The summed E-state index contributed by atoms with van der Waals surface area (Å²) in [7, 11) is 1.61. The Morgan fingerprint density at radius 1 is 1.44 bits per heavy atom. The number of fused-ring (bicyclic) bond motifs is 1. The van der Waals surface area contributed by atoms with Gasteiger partial charge in [-0.3, -0.25) is 4.79 Å². The third-order valence-electron chi connectivity index (χ3n) is 4.43. The molecule has 4 rings (SSSR count). The van der Waals surface area contributed by atoms with Gasteiger partial charge in [0.25, 0.3) is 5.91 Å². The fraction of sp³-hybridized carbons (Fsp3) is 0.353. The molecule has 8 heteroatoms. The van der Waals surface area contributed by atoms with Crippen molar-refractivity contribution in [3.8, 4) is 10.6 Å². The number of thiazole rings is 1. The van der Waals surface area contributed by atoms with E-state index >= 15 is 0 Å². The summed E-state index contributed by atoms with van der Waals surface area (Å²) in [4.78, 5) is 24.0. The summed E-state index contributed by atoms with van der Waals surface area (Å²) in [5, 5.41) is 13.3. The van der Waals surface area contributed by atoms with E-state index in [2.05, 4.69) is 30.9 Å². The van der Waals surface area contributed by atoms with Crippen LogP contribution in [0.4, 0.5) is 5.69 Å². The molecule has 0 saturated carbocycles. The highest BCUT2D eigenvalue weighted by Gasteiger charge is 2.20. The van der Waals surface area contributed by atoms with Gasteiger partial charge in [-0.1, -0.05) is 0 Å². The second kappa shape index (κ2) is 6.81. The zero-order valence-corrected chi connectivity index (χ0v) is 14.7. The van der Waals surface area contributed by atoms with Gasteiger partial charge in [0.15, 0.2) is 0 Å². The summed E-state index contributed by atoms with van der Waals surface area (Å²) in [6, 6.07) is 2.39. The van der Waals surface area contributed by atoms with E-state index < -0.39 is 0 Å². The molecule has 3 aromatic rings. The molecule has 3 aromatic heterocycles. The first-order chi connectivity index (χ1) is 12.3. The second-order valence-electron chi connectivity index (χ2n) is 6.09. The smallest absolute Gasteiger partial charge is 0.270 e. The first-order valence-corrected chi connectivity index (χ1v) is 9.25. The molecular formula is C17H20N6OS. The van der Waals surface area contributed by atoms with Crippen LogP contribution < -0.4 is 16.0 Å². The molecule has 25 heavy (non-hydrogen) atoms. The van der Waals surface area contributed by atoms with Crippen LogP contribution >= 0.6 is 11.3 Å². The lowest BCUT2D eigenvalue weighted by Gasteiger charge is -2.26. The van der Waals surface area contributed by atoms with Crippen molar-refractivity contribution in [2.75, 3.05) is 25.5 Å². The molecule has 1 aliphatic rings. The van der Waals surface area contributed by atoms with Crippen molar-refractivity contribution in [2.45, 2.75) is 18.9 Å². The minimum atomic E-state index is -0.177. The number of carbonyl (C=O) groups is 1. The minimum absolute atomic E-state index is 0.177. The minimum Gasteiger partial charge on any atom is -0.380 e. The predicted octanol–water partition coefficient (Wildman–Crippen LogP) is 2.21. The summed E-state index contributed by atoms with van der Waals surface area (Å²) in [6.07, 6.45) is 6.00. The number of rotatable bonds is 4. The molecule has 1 aliphatic heterocycles. The third-order valence-corrected chi connectivity index (χ3v) is 5.30. The molecule has 7 nitrogen and oxygen atoms in total. The second-order valence-corrected chi connectivity index (χ2v) is 6.95. The molecule has 1 fully saturated rings. The van der Waals surface area contributed by atoms with E-state index in [1.165, 1.54) is 11.3 Å². The van der Waals surface area contributed by atoms with E-state index in [-0.39, 0.29) is 5.91 Å². The summed E-state index contributed by atoms with van der Waals surface area (Å²) >= 11 is 1.46. The number of aromatic amines is 1. The number of hydrogen-bond acceptors (Lipinski definition) is 6. The number of amides is 1. The van der Waals surface area contributed by atoms with Crippen LogP contribution in [0, 0.1) is 0 Å². The lowest BCUT2D eigenvalue weighted by molar-refractivity contribution is 0.0959. The average Bonchev–Trinajstić information content (AvgIpc) is 3.31. The van der Waals surface area contributed by atoms with Gasteiger partial charge in [0.05, 0.1) is 11.3 Å². The Kier molecular flexibility index (Phi) is 4.37. The van der Waals surface area contributed by atoms with E-state index in [9.17, 15) is 4.79 Å². The molecule has 0 unspecified atom stereocenters. The maximum absolute atomic E-state index is 11.8. The molecule has 0 bridgehead atoms. The lowest BCUT2D eigenvalue weighted by atomic mass is 10.1. The predicted molar refractivity (Wildman–Crippen MR) is 100 cm³/mol. The zero-order chi connectivity index (χ0) is 17.2. The van der Waals surface area contributed by atoms with Gasteiger partial charge in [-0.05, 0) is 25.5 Å². The lowest BCUT2D eigenvalue weighted by Crippen LogP contribution is -2.38. The monoisotopic (exact) mass is 356 g/mol. The summed E-state index contributed by atoms with van der Waals surface area (Å²) in [5.74, 6) is -0.177. The fourth-order valence-electron chi connectivity index (χ4n) is 3.13. The standard InChI is InChI=1S/C17H20N6OS/c1-18-16(24)13-9-25-17(23-13)12-8-21-15-11(4-6-20-15)14(12)22-10-3-2-5-19-7-10/h4,6,8-10,19H,2-3,5,7H2,1H3,(H,18,24)(H2,20,21,22)/t10-/m1/s1. The number of hydrogen-bond donors (Lipinski definition) is 4. The highest BCUT2D eigenvalue weighted by atomic mass is 32.1. The first kappa shape index (κ1) is 16.0. The maximum Gasteiger partial charge on any atom is 0.270 e. The Bertz CT molecular complexity index is 896. The van der Waals surface area contributed by atoms with Crippen LogP contribution in [0.2, 0.25) is 0 Å². The Balaban J connectivity index is 1.75. The average molecular weight is 356 g/mol. The van der Waals surface area contributed by atoms with Crippen molar-refractivity contribution in [3.05, 3.63) is 29.5 Å². The Hall–Kier alpha value is -2.45. The number of H-pyrrole nitrogens is 1. The highest BCUT2D eigenvalue weighted by molar-refractivity contribution is 7.13. The molecule has 1 amide bonds. The number of carbonyl (C=O) groups excluding carboxylic acids is 1. The summed E-state index contributed by atoms with van der Waals surface area (Å²) in [5.41, 5.74) is 3.23. The fourth-order valence-corrected chi connectivity index (χ4v) is 3.95. The van der Waals surface area contributed by atoms with Crippen LogP contribution in [0.5, 0.6) is 0 Å². The number of pyridine rings is 1. The van der Waals surface area contributed by atoms with E-state index in [0.29, 0.717) is 11.7 Å². The largest absolute Gasteiger partial charge is 0.380 e. The van der Waals surface area contributed by atoms with Crippen molar-refractivity contribution in [1.82, 2.24) is 25.6 Å². The van der Waals surface area contributed by atoms with Gasteiger partial charge in [-0.2, -0.15) is 0 Å². The third kappa shape index (κ3) is 3.10. The Morgan fingerprint density at radius 3 is 3.16 bits per heavy atom. The molecule has 0 radical (unpaired) electrons. The normalized spacial score (nSPS) is 17.6. The summed E-state index contributed by atoms with van der Waals surface area (Å²) in [6.45, 7) is 2.01.